The predicted molar refractivity (Wildman–Crippen MR) is 113 cm³/mol. The number of aromatic nitrogens is 2. The minimum absolute atomic E-state index is 0.274. The molecule has 0 fully saturated rings. The number of halogens is 2. The van der Waals surface area contributed by atoms with Gasteiger partial charge in [-0.25, -0.2) is 4.98 Å². The highest BCUT2D eigenvalue weighted by molar-refractivity contribution is 6.33. The third-order valence-electron chi connectivity index (χ3n) is 4.19. The Labute approximate surface area is 177 Å². The molecule has 152 valence electrons. The van der Waals surface area contributed by atoms with Crippen molar-refractivity contribution in [1.29, 1.82) is 0 Å². The van der Waals surface area contributed by atoms with E-state index in [-0.39, 0.29) is 12.5 Å². The number of hydrogen-bond acceptors (Lipinski definition) is 5. The molecule has 3 aromatic rings. The van der Waals surface area contributed by atoms with Crippen molar-refractivity contribution in [1.82, 2.24) is 15.3 Å². The van der Waals surface area contributed by atoms with Crippen LogP contribution in [0.4, 0.5) is 5.82 Å². The number of anilines is 1. The van der Waals surface area contributed by atoms with Crippen LogP contribution in [0.3, 0.4) is 0 Å². The van der Waals surface area contributed by atoms with Crippen molar-refractivity contribution >= 4 is 34.9 Å². The summed E-state index contributed by atoms with van der Waals surface area (Å²) in [5.74, 6) is 0.0654. The maximum absolute atomic E-state index is 12.6. The number of H-pyrrole nitrogens is 1. The maximum atomic E-state index is 12.6. The van der Waals surface area contributed by atoms with E-state index in [4.69, 9.17) is 23.2 Å². The van der Waals surface area contributed by atoms with Crippen LogP contribution in [0, 0.1) is 0 Å². The molecule has 0 spiro atoms. The highest BCUT2D eigenvalue weighted by atomic mass is 35.5. The zero-order valence-corrected chi connectivity index (χ0v) is 17.0. The summed E-state index contributed by atoms with van der Waals surface area (Å²) in [6.45, 7) is 1.30. The lowest BCUT2D eigenvalue weighted by Crippen LogP contribution is -2.31. The molecule has 0 saturated heterocycles. The molecule has 0 aliphatic rings. The monoisotopic (exact) mass is 434 g/mol. The van der Waals surface area contributed by atoms with Crippen molar-refractivity contribution in [3.05, 3.63) is 70.1 Å². The number of carbonyl (C=O) groups is 1. The molecule has 2 atom stereocenters. The SMILES string of the molecule is CC(O)Nc1cc(-c2c[nH]c(C(=O)N[C@H](CO)c3cccc(Cl)c3)c2)c(Cl)cn1. The van der Waals surface area contributed by atoms with Gasteiger partial charge >= 0.3 is 0 Å². The van der Waals surface area contributed by atoms with Crippen molar-refractivity contribution in [2.45, 2.75) is 19.2 Å². The fourth-order valence-corrected chi connectivity index (χ4v) is 3.24. The van der Waals surface area contributed by atoms with Gasteiger partial charge in [0, 0.05) is 28.5 Å². The van der Waals surface area contributed by atoms with E-state index in [0.29, 0.717) is 38.2 Å². The van der Waals surface area contributed by atoms with E-state index in [1.54, 1.807) is 49.5 Å². The number of aliphatic hydroxyl groups is 2. The Balaban J connectivity index is 1.79. The van der Waals surface area contributed by atoms with Gasteiger partial charge < -0.3 is 25.8 Å². The van der Waals surface area contributed by atoms with Crippen molar-refractivity contribution in [3.63, 3.8) is 0 Å². The van der Waals surface area contributed by atoms with Crippen LogP contribution in [0.1, 0.15) is 29.0 Å². The molecule has 2 heterocycles. The zero-order chi connectivity index (χ0) is 21.0. The fraction of sp³-hybridized carbons (Fsp3) is 0.200. The van der Waals surface area contributed by atoms with E-state index in [2.05, 4.69) is 20.6 Å². The van der Waals surface area contributed by atoms with Crippen LogP contribution >= 0.6 is 23.2 Å². The molecule has 5 N–H and O–H groups in total. The number of amides is 1. The molecule has 3 rings (SSSR count). The first-order valence-electron chi connectivity index (χ1n) is 8.83. The van der Waals surface area contributed by atoms with Gasteiger partial charge in [-0.05, 0) is 36.8 Å². The summed E-state index contributed by atoms with van der Waals surface area (Å²) in [6.07, 6.45) is 2.34. The van der Waals surface area contributed by atoms with Crippen molar-refractivity contribution in [3.8, 4) is 11.1 Å². The Hall–Kier alpha value is -2.58. The van der Waals surface area contributed by atoms with Crippen LogP contribution < -0.4 is 10.6 Å². The van der Waals surface area contributed by atoms with E-state index >= 15 is 0 Å². The molecule has 2 aromatic heterocycles. The lowest BCUT2D eigenvalue weighted by molar-refractivity contribution is 0.0911. The van der Waals surface area contributed by atoms with Gasteiger partial charge in [0.2, 0.25) is 0 Å². The van der Waals surface area contributed by atoms with Gasteiger partial charge in [-0.15, -0.1) is 0 Å². The topological polar surface area (TPSA) is 110 Å². The first kappa shape index (κ1) is 21.1. The van der Waals surface area contributed by atoms with E-state index in [0.717, 1.165) is 0 Å². The molecule has 0 radical (unpaired) electrons. The minimum Gasteiger partial charge on any atom is -0.394 e. The van der Waals surface area contributed by atoms with Gasteiger partial charge in [0.1, 0.15) is 17.7 Å². The van der Waals surface area contributed by atoms with E-state index in [9.17, 15) is 15.0 Å². The number of nitrogens with one attached hydrogen (secondary N) is 3. The van der Waals surface area contributed by atoms with Gasteiger partial charge in [0.05, 0.1) is 17.7 Å². The molecule has 7 nitrogen and oxygen atoms in total. The number of aromatic amines is 1. The van der Waals surface area contributed by atoms with Gasteiger partial charge in [-0.1, -0.05) is 35.3 Å². The largest absolute Gasteiger partial charge is 0.394 e. The summed E-state index contributed by atoms with van der Waals surface area (Å²) in [5.41, 5.74) is 2.33. The molecule has 1 unspecified atom stereocenters. The van der Waals surface area contributed by atoms with E-state index in [1.807, 2.05) is 0 Å². The summed E-state index contributed by atoms with van der Waals surface area (Å²) < 4.78 is 0. The molecule has 0 aliphatic carbocycles. The second-order valence-electron chi connectivity index (χ2n) is 6.44. The minimum atomic E-state index is -0.772. The predicted octanol–water partition coefficient (Wildman–Crippen LogP) is 3.60. The number of benzene rings is 1. The van der Waals surface area contributed by atoms with Crippen LogP contribution in [0.25, 0.3) is 11.1 Å². The molecule has 1 aromatic carbocycles. The third kappa shape index (κ3) is 5.27. The number of nitrogens with zero attached hydrogens (tertiary/aromatic N) is 1. The Morgan fingerprint density at radius 3 is 2.76 bits per heavy atom. The molecule has 29 heavy (non-hydrogen) atoms. The van der Waals surface area contributed by atoms with Gasteiger partial charge in [-0.2, -0.15) is 0 Å². The normalized spacial score (nSPS) is 13.0. The van der Waals surface area contributed by atoms with Crippen LogP contribution in [-0.4, -0.2) is 38.9 Å². The smallest absolute Gasteiger partial charge is 0.268 e. The lowest BCUT2D eigenvalue weighted by atomic mass is 10.1. The van der Waals surface area contributed by atoms with Crippen LogP contribution in [-0.2, 0) is 0 Å². The van der Waals surface area contributed by atoms with E-state index in [1.165, 1.54) is 6.20 Å². The quantitative estimate of drug-likeness (QED) is 0.365. The summed E-state index contributed by atoms with van der Waals surface area (Å²) in [6, 6.07) is 9.68. The summed E-state index contributed by atoms with van der Waals surface area (Å²) in [4.78, 5) is 19.7. The molecule has 9 heteroatoms. The average Bonchev–Trinajstić information content (AvgIpc) is 3.17. The second-order valence-corrected chi connectivity index (χ2v) is 7.28. The van der Waals surface area contributed by atoms with Crippen LogP contribution in [0.5, 0.6) is 0 Å². The first-order valence-corrected chi connectivity index (χ1v) is 9.59. The van der Waals surface area contributed by atoms with Crippen molar-refractivity contribution in [2.75, 3.05) is 11.9 Å². The van der Waals surface area contributed by atoms with Gasteiger partial charge in [0.15, 0.2) is 0 Å². The number of hydrogen-bond donors (Lipinski definition) is 5. The van der Waals surface area contributed by atoms with Gasteiger partial charge in [0.25, 0.3) is 5.91 Å². The molecular weight excluding hydrogens is 415 g/mol. The Kier molecular flexibility index (Phi) is 6.76. The summed E-state index contributed by atoms with van der Waals surface area (Å²) >= 11 is 12.2. The number of aliphatic hydroxyl groups excluding tert-OH is 2. The maximum Gasteiger partial charge on any atom is 0.268 e. The molecule has 1 amide bonds. The van der Waals surface area contributed by atoms with Crippen LogP contribution in [0.2, 0.25) is 10.0 Å². The molecule has 0 saturated carbocycles. The summed E-state index contributed by atoms with van der Waals surface area (Å²) in [7, 11) is 0. The van der Waals surface area contributed by atoms with Crippen molar-refractivity contribution < 1.29 is 15.0 Å². The molecular formula is C20H20Cl2N4O3. The first-order chi connectivity index (χ1) is 13.9. The number of rotatable bonds is 7. The highest BCUT2D eigenvalue weighted by Crippen LogP contribution is 2.30. The van der Waals surface area contributed by atoms with E-state index < -0.39 is 12.3 Å². The lowest BCUT2D eigenvalue weighted by Gasteiger charge is -2.16. The highest BCUT2D eigenvalue weighted by Gasteiger charge is 2.18. The molecule has 0 bridgehead atoms. The molecule has 0 aliphatic heterocycles. The Morgan fingerprint density at radius 2 is 2.07 bits per heavy atom. The van der Waals surface area contributed by atoms with Crippen LogP contribution in [0.15, 0.2) is 48.8 Å². The standard InChI is InChI=1S/C20H20Cl2N4O3/c1-11(28)25-19-7-15(16(22)9-24-19)13-6-17(23-8-13)20(29)26-18(10-27)12-3-2-4-14(21)5-12/h2-9,11,18,23,27-28H,10H2,1H3,(H,24,25)(H,26,29)/t11?,18-/m1/s1. The third-order valence-corrected chi connectivity index (χ3v) is 4.73. The number of pyridine rings is 1. The van der Waals surface area contributed by atoms with Gasteiger partial charge in [-0.3, -0.25) is 4.79 Å². The summed E-state index contributed by atoms with van der Waals surface area (Å²) in [5, 5.41) is 25.6. The average molecular weight is 435 g/mol. The zero-order valence-electron chi connectivity index (χ0n) is 15.5. The second kappa shape index (κ2) is 9.28. The Bertz CT molecular complexity index is 1010. The number of carbonyl (C=O) groups excluding carboxylic acids is 1. The van der Waals surface area contributed by atoms with Crippen molar-refractivity contribution in [2.24, 2.45) is 0 Å². The fourth-order valence-electron chi connectivity index (χ4n) is 2.83. The Morgan fingerprint density at radius 1 is 1.28 bits per heavy atom.